The maximum Gasteiger partial charge on any atom is 0.191 e. The lowest BCUT2D eigenvalue weighted by Gasteiger charge is -2.30. The summed E-state index contributed by atoms with van der Waals surface area (Å²) in [4.78, 5) is 6.90. The maximum atomic E-state index is 5.80. The molecule has 0 bridgehead atoms. The molecule has 0 aromatic rings. The van der Waals surface area contributed by atoms with E-state index in [-0.39, 0.29) is 29.6 Å². The molecule has 2 rings (SSSR count). The summed E-state index contributed by atoms with van der Waals surface area (Å²) in [5, 5.41) is 6.82. The largest absolute Gasteiger partial charge is 0.373 e. The zero-order valence-electron chi connectivity index (χ0n) is 15.1. The molecule has 0 aromatic carbocycles. The summed E-state index contributed by atoms with van der Waals surface area (Å²) in [7, 11) is 1.83. The first kappa shape index (κ1) is 21.0. The fourth-order valence-corrected chi connectivity index (χ4v) is 3.47. The lowest BCUT2D eigenvalue weighted by atomic mass is 10.0. The van der Waals surface area contributed by atoms with Gasteiger partial charge in [0.05, 0.1) is 5.60 Å². The molecule has 2 aliphatic rings. The van der Waals surface area contributed by atoms with Crippen LogP contribution in [0.2, 0.25) is 0 Å². The standard InChI is InChI=1S/C17H34N4O.HI/c1-15-7-4-10-21(13-15)11-6-9-19-16(18-3)20-14-17(2)8-5-12-22-17;/h15H,4-14H2,1-3H3,(H2,18,19,20);1H. The number of guanidine groups is 1. The molecule has 136 valence electrons. The molecule has 0 aliphatic carbocycles. The summed E-state index contributed by atoms with van der Waals surface area (Å²) in [6, 6.07) is 0. The van der Waals surface area contributed by atoms with Crippen molar-refractivity contribution in [2.24, 2.45) is 10.9 Å². The molecule has 2 aliphatic heterocycles. The molecule has 2 N–H and O–H groups in total. The van der Waals surface area contributed by atoms with Gasteiger partial charge in [-0.05, 0) is 58.0 Å². The van der Waals surface area contributed by atoms with Gasteiger partial charge in [-0.15, -0.1) is 24.0 Å². The van der Waals surface area contributed by atoms with Gasteiger partial charge >= 0.3 is 0 Å². The number of halogens is 1. The molecule has 0 amide bonds. The molecule has 23 heavy (non-hydrogen) atoms. The Labute approximate surface area is 159 Å². The van der Waals surface area contributed by atoms with Crippen molar-refractivity contribution < 1.29 is 4.74 Å². The lowest BCUT2D eigenvalue weighted by Crippen LogP contribution is -2.46. The van der Waals surface area contributed by atoms with Gasteiger partial charge in [0.2, 0.25) is 0 Å². The van der Waals surface area contributed by atoms with Gasteiger partial charge < -0.3 is 20.3 Å². The molecule has 6 heteroatoms. The molecule has 2 saturated heterocycles. The van der Waals surface area contributed by atoms with Crippen molar-refractivity contribution in [3.8, 4) is 0 Å². The number of hydrogen-bond donors (Lipinski definition) is 2. The van der Waals surface area contributed by atoms with E-state index in [1.54, 1.807) is 0 Å². The van der Waals surface area contributed by atoms with Crippen LogP contribution in [-0.4, -0.2) is 62.8 Å². The Kier molecular flexibility index (Phi) is 9.77. The van der Waals surface area contributed by atoms with Crippen molar-refractivity contribution in [1.29, 1.82) is 0 Å². The Morgan fingerprint density at radius 3 is 2.83 bits per heavy atom. The molecule has 2 atom stereocenters. The molecular weight excluding hydrogens is 403 g/mol. The zero-order chi connectivity index (χ0) is 15.8. The van der Waals surface area contributed by atoms with Crippen LogP contribution in [0.25, 0.3) is 0 Å². The van der Waals surface area contributed by atoms with Gasteiger partial charge in [0.15, 0.2) is 5.96 Å². The fraction of sp³-hybridized carbons (Fsp3) is 0.941. The predicted octanol–water partition coefficient (Wildman–Crippen LogP) is 2.46. The van der Waals surface area contributed by atoms with Crippen LogP contribution in [0.1, 0.15) is 46.0 Å². The summed E-state index contributed by atoms with van der Waals surface area (Å²) in [5.74, 6) is 1.76. The summed E-state index contributed by atoms with van der Waals surface area (Å²) in [6.07, 6.45) is 6.21. The van der Waals surface area contributed by atoms with E-state index in [9.17, 15) is 0 Å². The Balaban J connectivity index is 0.00000264. The van der Waals surface area contributed by atoms with Gasteiger partial charge in [0, 0.05) is 33.3 Å². The van der Waals surface area contributed by atoms with Gasteiger partial charge in [0.25, 0.3) is 0 Å². The third-order valence-electron chi connectivity index (χ3n) is 4.84. The molecule has 2 unspecified atom stereocenters. The smallest absolute Gasteiger partial charge is 0.191 e. The number of ether oxygens (including phenoxy) is 1. The molecule has 5 nitrogen and oxygen atoms in total. The number of nitrogens with zero attached hydrogens (tertiary/aromatic N) is 2. The highest BCUT2D eigenvalue weighted by atomic mass is 127. The number of aliphatic imine (C=N–C) groups is 1. The minimum atomic E-state index is -0.0262. The normalized spacial score (nSPS) is 29.2. The monoisotopic (exact) mass is 438 g/mol. The second kappa shape index (κ2) is 10.7. The second-order valence-electron chi connectivity index (χ2n) is 7.16. The lowest BCUT2D eigenvalue weighted by molar-refractivity contribution is 0.0243. The third kappa shape index (κ3) is 7.56. The number of rotatable bonds is 6. The van der Waals surface area contributed by atoms with E-state index in [0.29, 0.717) is 0 Å². The average molecular weight is 438 g/mol. The van der Waals surface area contributed by atoms with Crippen LogP contribution in [0.5, 0.6) is 0 Å². The average Bonchev–Trinajstić information content (AvgIpc) is 2.94. The molecule has 2 fully saturated rings. The highest BCUT2D eigenvalue weighted by Crippen LogP contribution is 2.23. The first-order chi connectivity index (χ1) is 10.6. The first-order valence-electron chi connectivity index (χ1n) is 8.92. The van der Waals surface area contributed by atoms with E-state index in [1.807, 2.05) is 7.05 Å². The van der Waals surface area contributed by atoms with Gasteiger partial charge in [0.1, 0.15) is 0 Å². The van der Waals surface area contributed by atoms with Crippen LogP contribution in [0.3, 0.4) is 0 Å². The van der Waals surface area contributed by atoms with Gasteiger partial charge in [-0.25, -0.2) is 0 Å². The molecule has 0 aromatic heterocycles. The van der Waals surface area contributed by atoms with Crippen LogP contribution in [-0.2, 0) is 4.74 Å². The summed E-state index contributed by atoms with van der Waals surface area (Å²) >= 11 is 0. The van der Waals surface area contributed by atoms with Crippen molar-refractivity contribution in [3.63, 3.8) is 0 Å². The van der Waals surface area contributed by atoms with Crippen LogP contribution in [0.4, 0.5) is 0 Å². The van der Waals surface area contributed by atoms with E-state index < -0.39 is 0 Å². The SMILES string of the molecule is CN=C(NCCCN1CCCC(C)C1)NCC1(C)CCCO1.I. The van der Waals surface area contributed by atoms with Crippen molar-refractivity contribution in [1.82, 2.24) is 15.5 Å². The van der Waals surface area contributed by atoms with E-state index in [0.717, 1.165) is 38.0 Å². The molecule has 0 saturated carbocycles. The molecule has 0 radical (unpaired) electrons. The van der Waals surface area contributed by atoms with Gasteiger partial charge in [-0.2, -0.15) is 0 Å². The van der Waals surface area contributed by atoms with E-state index in [1.165, 1.54) is 45.3 Å². The van der Waals surface area contributed by atoms with Crippen LogP contribution >= 0.6 is 24.0 Å². The molecule has 0 spiro atoms. The minimum absolute atomic E-state index is 0. The summed E-state index contributed by atoms with van der Waals surface area (Å²) in [6.45, 7) is 11.0. The predicted molar refractivity (Wildman–Crippen MR) is 108 cm³/mol. The summed E-state index contributed by atoms with van der Waals surface area (Å²) in [5.41, 5.74) is -0.0262. The van der Waals surface area contributed by atoms with Crippen LogP contribution < -0.4 is 10.6 Å². The van der Waals surface area contributed by atoms with Crippen LogP contribution in [0.15, 0.2) is 4.99 Å². The van der Waals surface area contributed by atoms with Crippen molar-refractivity contribution >= 4 is 29.9 Å². The van der Waals surface area contributed by atoms with E-state index in [4.69, 9.17) is 4.74 Å². The number of piperidine rings is 1. The third-order valence-corrected chi connectivity index (χ3v) is 4.84. The van der Waals surface area contributed by atoms with Crippen molar-refractivity contribution in [2.75, 3.05) is 46.4 Å². The molecule has 2 heterocycles. The Bertz CT molecular complexity index is 359. The number of nitrogens with one attached hydrogen (secondary N) is 2. The Morgan fingerprint density at radius 1 is 1.35 bits per heavy atom. The van der Waals surface area contributed by atoms with E-state index >= 15 is 0 Å². The number of hydrogen-bond acceptors (Lipinski definition) is 3. The highest BCUT2D eigenvalue weighted by Gasteiger charge is 2.29. The van der Waals surface area contributed by atoms with Gasteiger partial charge in [-0.3, -0.25) is 4.99 Å². The first-order valence-corrected chi connectivity index (χ1v) is 8.92. The van der Waals surface area contributed by atoms with Crippen LogP contribution in [0, 0.1) is 5.92 Å². The zero-order valence-corrected chi connectivity index (χ0v) is 17.4. The summed E-state index contributed by atoms with van der Waals surface area (Å²) < 4.78 is 5.80. The minimum Gasteiger partial charge on any atom is -0.373 e. The highest BCUT2D eigenvalue weighted by molar-refractivity contribution is 14.0. The van der Waals surface area contributed by atoms with Gasteiger partial charge in [-0.1, -0.05) is 6.92 Å². The maximum absolute atomic E-state index is 5.80. The fourth-order valence-electron chi connectivity index (χ4n) is 3.47. The quantitative estimate of drug-likeness (QED) is 0.290. The molecular formula is C17H35IN4O. The Morgan fingerprint density at radius 2 is 2.17 bits per heavy atom. The van der Waals surface area contributed by atoms with Crippen molar-refractivity contribution in [3.05, 3.63) is 0 Å². The van der Waals surface area contributed by atoms with E-state index in [2.05, 4.69) is 34.4 Å². The topological polar surface area (TPSA) is 48.9 Å². The van der Waals surface area contributed by atoms with Crippen molar-refractivity contribution in [2.45, 2.75) is 51.6 Å². The number of likely N-dealkylation sites (tertiary alicyclic amines) is 1. The second-order valence-corrected chi connectivity index (χ2v) is 7.16. The Hall–Kier alpha value is -0.0800.